The van der Waals surface area contributed by atoms with Crippen LogP contribution in [0.25, 0.3) is 0 Å². The van der Waals surface area contributed by atoms with Gasteiger partial charge in [0.15, 0.2) is 0 Å². The molecule has 0 radical (unpaired) electrons. The average Bonchev–Trinajstić information content (AvgIpc) is 2.20. The van der Waals surface area contributed by atoms with Gasteiger partial charge in [-0.25, -0.2) is 0 Å². The minimum atomic E-state index is -0.795. The van der Waals surface area contributed by atoms with E-state index in [1.807, 2.05) is 0 Å². The monoisotopic (exact) mass is 274 g/mol. The highest BCUT2D eigenvalue weighted by atomic mass is 35.5. The van der Waals surface area contributed by atoms with Crippen molar-refractivity contribution < 1.29 is 9.90 Å². The third-order valence-corrected chi connectivity index (χ3v) is 3.30. The first kappa shape index (κ1) is 12.5. The highest BCUT2D eigenvalue weighted by Gasteiger charge is 2.39. The van der Waals surface area contributed by atoms with Gasteiger partial charge in [-0.15, -0.1) is 0 Å². The van der Waals surface area contributed by atoms with Crippen molar-refractivity contribution in [2.45, 2.75) is 12.5 Å². The number of nitrogens with zero attached hydrogens (tertiary/aromatic N) is 1. The van der Waals surface area contributed by atoms with Crippen molar-refractivity contribution in [2.75, 3.05) is 18.8 Å². The number of β-amino-alcohol motifs (C(OH)–C–C–N with tert-alkyl or cyclic N) is 1. The van der Waals surface area contributed by atoms with Gasteiger partial charge in [0.2, 0.25) is 0 Å². The number of hydrogen-bond donors (Lipinski definition) is 2. The van der Waals surface area contributed by atoms with Crippen LogP contribution in [0.5, 0.6) is 0 Å². The zero-order valence-corrected chi connectivity index (χ0v) is 10.7. The van der Waals surface area contributed by atoms with Crippen LogP contribution < -0.4 is 5.73 Å². The van der Waals surface area contributed by atoms with Gasteiger partial charge in [-0.1, -0.05) is 23.2 Å². The summed E-state index contributed by atoms with van der Waals surface area (Å²) in [5.41, 5.74) is 5.44. The number of nitrogen functional groups attached to an aromatic ring is 1. The minimum absolute atomic E-state index is 0.208. The normalized spacial score (nSPS) is 17.8. The Balaban J connectivity index is 2.21. The van der Waals surface area contributed by atoms with Crippen molar-refractivity contribution in [2.24, 2.45) is 0 Å². The van der Waals surface area contributed by atoms with Crippen LogP contribution in [-0.2, 0) is 0 Å². The number of halogens is 2. The molecule has 17 heavy (non-hydrogen) atoms. The van der Waals surface area contributed by atoms with Gasteiger partial charge in [0.05, 0.1) is 34.4 Å². The molecule has 0 atom stereocenters. The summed E-state index contributed by atoms with van der Waals surface area (Å²) in [6.45, 7) is 2.30. The molecule has 4 nitrogen and oxygen atoms in total. The zero-order valence-electron chi connectivity index (χ0n) is 9.20. The van der Waals surface area contributed by atoms with Crippen molar-refractivity contribution in [3.63, 3.8) is 0 Å². The van der Waals surface area contributed by atoms with E-state index >= 15 is 0 Å². The van der Waals surface area contributed by atoms with E-state index in [-0.39, 0.29) is 21.6 Å². The Morgan fingerprint density at radius 2 is 1.88 bits per heavy atom. The summed E-state index contributed by atoms with van der Waals surface area (Å²) in [6.07, 6.45) is 0. The fourth-order valence-corrected chi connectivity index (χ4v) is 2.30. The lowest BCUT2D eigenvalue weighted by Crippen LogP contribution is -2.61. The standard InChI is InChI=1S/C11H12Cl2N2O2/c1-11(17)4-15(5-11)10(16)6-2-7(12)9(14)8(13)3-6/h2-3,17H,4-5,14H2,1H3. The topological polar surface area (TPSA) is 66.6 Å². The first-order valence-electron chi connectivity index (χ1n) is 5.06. The lowest BCUT2D eigenvalue weighted by atomic mass is 9.96. The van der Waals surface area contributed by atoms with E-state index in [2.05, 4.69) is 0 Å². The Bertz CT molecular complexity index is 457. The van der Waals surface area contributed by atoms with E-state index in [4.69, 9.17) is 28.9 Å². The molecule has 1 fully saturated rings. The number of anilines is 1. The molecule has 0 unspecified atom stereocenters. The van der Waals surface area contributed by atoms with E-state index in [1.165, 1.54) is 17.0 Å². The number of carbonyl (C=O) groups excluding carboxylic acids is 1. The van der Waals surface area contributed by atoms with Gasteiger partial charge in [-0.3, -0.25) is 4.79 Å². The van der Waals surface area contributed by atoms with Gasteiger partial charge in [-0.05, 0) is 19.1 Å². The second-order valence-electron chi connectivity index (χ2n) is 4.51. The summed E-state index contributed by atoms with van der Waals surface area (Å²) in [5.74, 6) is -0.208. The molecule has 0 aromatic heterocycles. The molecule has 92 valence electrons. The summed E-state index contributed by atoms with van der Waals surface area (Å²) >= 11 is 11.7. The fourth-order valence-electron chi connectivity index (χ4n) is 1.81. The van der Waals surface area contributed by atoms with Crippen LogP contribution in [0, 0.1) is 0 Å². The van der Waals surface area contributed by atoms with Crippen molar-refractivity contribution in [3.8, 4) is 0 Å². The highest BCUT2D eigenvalue weighted by molar-refractivity contribution is 6.39. The van der Waals surface area contributed by atoms with Crippen LogP contribution in [0.15, 0.2) is 12.1 Å². The molecule has 0 spiro atoms. The third-order valence-electron chi connectivity index (χ3n) is 2.68. The number of carbonyl (C=O) groups is 1. The van der Waals surface area contributed by atoms with Gasteiger partial charge in [0, 0.05) is 5.56 Å². The smallest absolute Gasteiger partial charge is 0.254 e. The van der Waals surface area contributed by atoms with E-state index < -0.39 is 5.60 Å². The molecule has 3 N–H and O–H groups in total. The second-order valence-corrected chi connectivity index (χ2v) is 5.33. The Kier molecular flexibility index (Phi) is 2.97. The average molecular weight is 275 g/mol. The van der Waals surface area contributed by atoms with E-state index in [1.54, 1.807) is 6.92 Å². The summed E-state index contributed by atoms with van der Waals surface area (Å²) in [4.78, 5) is 13.5. The van der Waals surface area contributed by atoms with E-state index in [9.17, 15) is 9.90 Å². The molecule has 0 aliphatic carbocycles. The molecule has 1 aliphatic heterocycles. The van der Waals surface area contributed by atoms with Gasteiger partial charge < -0.3 is 15.7 Å². The lowest BCUT2D eigenvalue weighted by Gasteiger charge is -2.44. The van der Waals surface area contributed by atoms with Crippen LogP contribution in [0.4, 0.5) is 5.69 Å². The molecule has 0 bridgehead atoms. The lowest BCUT2D eigenvalue weighted by molar-refractivity contribution is -0.0668. The Morgan fingerprint density at radius 1 is 1.41 bits per heavy atom. The maximum absolute atomic E-state index is 12.0. The quantitative estimate of drug-likeness (QED) is 0.768. The van der Waals surface area contributed by atoms with E-state index in [0.29, 0.717) is 18.7 Å². The number of amides is 1. The SMILES string of the molecule is CC1(O)CN(C(=O)c2cc(Cl)c(N)c(Cl)c2)C1. The van der Waals surface area contributed by atoms with Gasteiger partial charge in [-0.2, -0.15) is 0 Å². The van der Waals surface area contributed by atoms with Crippen molar-refractivity contribution in [1.29, 1.82) is 0 Å². The Morgan fingerprint density at radius 3 is 2.29 bits per heavy atom. The minimum Gasteiger partial charge on any atom is -0.396 e. The van der Waals surface area contributed by atoms with Gasteiger partial charge >= 0.3 is 0 Å². The van der Waals surface area contributed by atoms with Gasteiger partial charge in [0.25, 0.3) is 5.91 Å². The van der Waals surface area contributed by atoms with Crippen molar-refractivity contribution in [1.82, 2.24) is 4.90 Å². The highest BCUT2D eigenvalue weighted by Crippen LogP contribution is 2.30. The number of nitrogens with two attached hydrogens (primary N) is 1. The number of hydrogen-bond acceptors (Lipinski definition) is 3. The van der Waals surface area contributed by atoms with Crippen LogP contribution in [-0.4, -0.2) is 34.6 Å². The first-order chi connectivity index (χ1) is 7.80. The Labute approximate surface area is 109 Å². The zero-order chi connectivity index (χ0) is 12.8. The first-order valence-corrected chi connectivity index (χ1v) is 5.82. The fraction of sp³-hybridized carbons (Fsp3) is 0.364. The molecule has 1 aliphatic rings. The second kappa shape index (κ2) is 4.05. The predicted molar refractivity (Wildman–Crippen MR) is 67.4 cm³/mol. The summed E-state index contributed by atoms with van der Waals surface area (Å²) in [6, 6.07) is 2.97. The van der Waals surface area contributed by atoms with Gasteiger partial charge in [0.1, 0.15) is 0 Å². The summed E-state index contributed by atoms with van der Waals surface area (Å²) < 4.78 is 0. The molecule has 1 saturated heterocycles. The number of benzene rings is 1. The molecule has 1 aromatic carbocycles. The molecular weight excluding hydrogens is 263 g/mol. The molecule has 1 aromatic rings. The summed E-state index contributed by atoms with van der Waals surface area (Å²) in [7, 11) is 0. The molecule has 1 amide bonds. The largest absolute Gasteiger partial charge is 0.396 e. The number of rotatable bonds is 1. The van der Waals surface area contributed by atoms with Crippen LogP contribution in [0.3, 0.4) is 0 Å². The number of likely N-dealkylation sites (tertiary alicyclic amines) is 1. The summed E-state index contributed by atoms with van der Waals surface area (Å²) in [5, 5.41) is 10.1. The maximum atomic E-state index is 12.0. The van der Waals surface area contributed by atoms with Crippen LogP contribution in [0.1, 0.15) is 17.3 Å². The molecular formula is C11H12Cl2N2O2. The Hall–Kier alpha value is -0.970. The van der Waals surface area contributed by atoms with Crippen molar-refractivity contribution >= 4 is 34.8 Å². The van der Waals surface area contributed by atoms with Crippen LogP contribution >= 0.6 is 23.2 Å². The molecule has 6 heteroatoms. The number of aliphatic hydroxyl groups is 1. The van der Waals surface area contributed by atoms with Crippen LogP contribution in [0.2, 0.25) is 10.0 Å². The maximum Gasteiger partial charge on any atom is 0.254 e. The molecule has 0 saturated carbocycles. The third kappa shape index (κ3) is 2.34. The van der Waals surface area contributed by atoms with E-state index in [0.717, 1.165) is 0 Å². The molecule has 2 rings (SSSR count). The predicted octanol–water partition coefficient (Wildman–Crippen LogP) is 1.78. The molecule has 1 heterocycles. The van der Waals surface area contributed by atoms with Crippen molar-refractivity contribution in [3.05, 3.63) is 27.7 Å².